The molecule has 0 aliphatic carbocycles. The van der Waals surface area contributed by atoms with Crippen LogP contribution in [0.25, 0.3) is 27.9 Å². The Labute approximate surface area is 150 Å². The number of nitrogens with zero attached hydrogens (tertiary/aromatic N) is 3. The number of ether oxygens (including phenoxy) is 1. The van der Waals surface area contributed by atoms with Gasteiger partial charge in [-0.1, -0.05) is 20.8 Å². The fourth-order valence-corrected chi connectivity index (χ4v) is 3.02. The lowest BCUT2D eigenvalue weighted by Gasteiger charge is -2.15. The minimum Gasteiger partial charge on any atom is -0.497 e. The molecule has 132 valence electrons. The zero-order valence-corrected chi connectivity index (χ0v) is 15.2. The van der Waals surface area contributed by atoms with Crippen LogP contribution in [-0.4, -0.2) is 32.4 Å². The summed E-state index contributed by atoms with van der Waals surface area (Å²) in [6.07, 6.45) is 5.34. The molecule has 0 radical (unpaired) electrons. The zero-order valence-electron chi connectivity index (χ0n) is 15.2. The maximum absolute atomic E-state index is 12.7. The number of Topliss-reactive ketones (excluding diaryl/α,β-unsaturated/α-hetero) is 1. The van der Waals surface area contributed by atoms with Crippen LogP contribution < -0.4 is 4.74 Å². The first kappa shape index (κ1) is 16.3. The van der Waals surface area contributed by atoms with Gasteiger partial charge in [0.1, 0.15) is 11.3 Å². The van der Waals surface area contributed by atoms with Crippen molar-refractivity contribution < 1.29 is 9.53 Å². The summed E-state index contributed by atoms with van der Waals surface area (Å²) >= 11 is 0. The van der Waals surface area contributed by atoms with Crippen LogP contribution in [0.2, 0.25) is 0 Å². The second-order valence-corrected chi connectivity index (χ2v) is 7.32. The summed E-state index contributed by atoms with van der Waals surface area (Å²) in [4.78, 5) is 24.9. The van der Waals surface area contributed by atoms with Crippen LogP contribution in [0.1, 0.15) is 31.1 Å². The van der Waals surface area contributed by atoms with Crippen molar-refractivity contribution in [1.82, 2.24) is 19.5 Å². The molecule has 0 bridgehead atoms. The molecule has 6 nitrogen and oxygen atoms in total. The predicted octanol–water partition coefficient (Wildman–Crippen LogP) is 4.14. The molecule has 0 saturated heterocycles. The van der Waals surface area contributed by atoms with Gasteiger partial charge in [-0.3, -0.25) is 9.36 Å². The van der Waals surface area contributed by atoms with Gasteiger partial charge in [-0.15, -0.1) is 0 Å². The van der Waals surface area contributed by atoms with Gasteiger partial charge in [0, 0.05) is 23.2 Å². The van der Waals surface area contributed by atoms with Crippen molar-refractivity contribution >= 4 is 27.9 Å². The van der Waals surface area contributed by atoms with Crippen molar-refractivity contribution in [3.05, 3.63) is 48.4 Å². The highest BCUT2D eigenvalue weighted by molar-refractivity contribution is 6.08. The van der Waals surface area contributed by atoms with Crippen molar-refractivity contribution in [2.75, 3.05) is 7.11 Å². The van der Waals surface area contributed by atoms with Crippen molar-refractivity contribution in [3.63, 3.8) is 0 Å². The minimum atomic E-state index is -0.483. The van der Waals surface area contributed by atoms with E-state index in [9.17, 15) is 4.79 Å². The third-order valence-corrected chi connectivity index (χ3v) is 4.44. The van der Waals surface area contributed by atoms with Gasteiger partial charge in [0.2, 0.25) is 0 Å². The van der Waals surface area contributed by atoms with Gasteiger partial charge >= 0.3 is 0 Å². The predicted molar refractivity (Wildman–Crippen MR) is 101 cm³/mol. The molecule has 0 aliphatic heterocycles. The van der Waals surface area contributed by atoms with Gasteiger partial charge in [0.05, 0.1) is 24.4 Å². The van der Waals surface area contributed by atoms with Crippen molar-refractivity contribution in [2.24, 2.45) is 5.41 Å². The van der Waals surface area contributed by atoms with E-state index in [4.69, 9.17) is 9.72 Å². The Balaban J connectivity index is 1.87. The van der Waals surface area contributed by atoms with Gasteiger partial charge in [-0.05, 0) is 24.3 Å². The van der Waals surface area contributed by atoms with Gasteiger partial charge in [0.15, 0.2) is 17.2 Å². The Hall–Kier alpha value is -3.15. The number of hydrogen-bond donors (Lipinski definition) is 1. The summed E-state index contributed by atoms with van der Waals surface area (Å²) in [7, 11) is 1.65. The van der Waals surface area contributed by atoms with E-state index < -0.39 is 5.41 Å². The van der Waals surface area contributed by atoms with Gasteiger partial charge < -0.3 is 9.72 Å². The monoisotopic (exact) mass is 348 g/mol. The maximum Gasteiger partial charge on any atom is 0.171 e. The molecule has 0 saturated carbocycles. The highest BCUT2D eigenvalue weighted by Crippen LogP contribution is 2.27. The summed E-state index contributed by atoms with van der Waals surface area (Å²) in [5.41, 5.74) is 2.29. The number of carbonyl (C=O) groups excluding carboxylic acids is 1. The number of ketones is 1. The van der Waals surface area contributed by atoms with Crippen molar-refractivity contribution in [2.45, 2.75) is 20.8 Å². The molecule has 1 N–H and O–H groups in total. The number of aromatic amines is 1. The van der Waals surface area contributed by atoms with Crippen LogP contribution in [0.4, 0.5) is 0 Å². The standard InChI is InChI=1S/C20H20N4O2/c1-20(2,3)18(25)14-10-21-19-17(14)23-16(11-22-19)24-8-7-12-9-13(26-4)5-6-15(12)24/h5-11H,1-4H3,(H,21,22). The number of aromatic nitrogens is 4. The summed E-state index contributed by atoms with van der Waals surface area (Å²) in [5, 5.41) is 1.05. The molecule has 0 unspecified atom stereocenters. The Morgan fingerprint density at radius 2 is 2.04 bits per heavy atom. The summed E-state index contributed by atoms with van der Waals surface area (Å²) < 4.78 is 7.24. The topological polar surface area (TPSA) is 72.8 Å². The van der Waals surface area contributed by atoms with E-state index in [2.05, 4.69) is 9.97 Å². The number of nitrogens with one attached hydrogen (secondary N) is 1. The molecule has 1 aromatic carbocycles. The van der Waals surface area contributed by atoms with Crippen LogP contribution in [0.15, 0.2) is 42.9 Å². The normalized spacial score (nSPS) is 12.0. The molecule has 26 heavy (non-hydrogen) atoms. The third-order valence-electron chi connectivity index (χ3n) is 4.44. The lowest BCUT2D eigenvalue weighted by molar-refractivity contribution is 0.0860. The van der Waals surface area contributed by atoms with Crippen LogP contribution in [0.3, 0.4) is 0 Å². The molecule has 0 fully saturated rings. The molecule has 4 aromatic rings. The Morgan fingerprint density at radius 3 is 2.77 bits per heavy atom. The highest BCUT2D eigenvalue weighted by Gasteiger charge is 2.26. The molecule has 0 spiro atoms. The average molecular weight is 348 g/mol. The number of hydrogen-bond acceptors (Lipinski definition) is 4. The molecule has 0 aliphatic rings. The number of benzene rings is 1. The van der Waals surface area contributed by atoms with Crippen LogP contribution in [0.5, 0.6) is 5.75 Å². The van der Waals surface area contributed by atoms with Gasteiger partial charge in [-0.25, -0.2) is 9.97 Å². The number of H-pyrrole nitrogens is 1. The SMILES string of the molecule is COc1ccc2c(ccn2-c2cnc3[nH]cc(C(=O)C(C)(C)C)c3n2)c1. The van der Waals surface area contributed by atoms with Crippen LogP contribution in [0, 0.1) is 5.41 Å². The summed E-state index contributed by atoms with van der Waals surface area (Å²) in [5.74, 6) is 1.51. The molecule has 3 heterocycles. The van der Waals surface area contributed by atoms with E-state index in [0.717, 1.165) is 16.7 Å². The number of rotatable bonds is 3. The molecular weight excluding hydrogens is 328 g/mol. The fourth-order valence-electron chi connectivity index (χ4n) is 3.02. The first-order valence-electron chi connectivity index (χ1n) is 8.43. The lowest BCUT2D eigenvalue weighted by Crippen LogP contribution is -2.20. The van der Waals surface area contributed by atoms with Crippen LogP contribution in [-0.2, 0) is 0 Å². The fraction of sp³-hybridized carbons (Fsp3) is 0.250. The zero-order chi connectivity index (χ0) is 18.5. The smallest absolute Gasteiger partial charge is 0.171 e. The molecule has 0 amide bonds. The van der Waals surface area contributed by atoms with Crippen molar-refractivity contribution in [3.8, 4) is 11.6 Å². The molecule has 6 heteroatoms. The van der Waals surface area contributed by atoms with Crippen molar-refractivity contribution in [1.29, 1.82) is 0 Å². The second kappa shape index (κ2) is 5.69. The van der Waals surface area contributed by atoms with E-state index in [0.29, 0.717) is 22.5 Å². The number of fused-ring (bicyclic) bond motifs is 2. The largest absolute Gasteiger partial charge is 0.497 e. The van der Waals surface area contributed by atoms with Gasteiger partial charge in [-0.2, -0.15) is 0 Å². The average Bonchev–Trinajstić information content (AvgIpc) is 3.22. The first-order chi connectivity index (χ1) is 12.4. The van der Waals surface area contributed by atoms with E-state index >= 15 is 0 Å². The third kappa shape index (κ3) is 2.54. The molecule has 0 atom stereocenters. The van der Waals surface area contributed by atoms with E-state index in [1.165, 1.54) is 0 Å². The maximum atomic E-state index is 12.7. The van der Waals surface area contributed by atoms with E-state index in [1.54, 1.807) is 19.5 Å². The van der Waals surface area contributed by atoms with E-state index in [1.807, 2.05) is 55.8 Å². The molecule has 4 rings (SSSR count). The Morgan fingerprint density at radius 1 is 1.23 bits per heavy atom. The summed E-state index contributed by atoms with van der Waals surface area (Å²) in [6, 6.07) is 7.87. The molecular formula is C20H20N4O2. The number of methoxy groups -OCH3 is 1. The number of carbonyl (C=O) groups is 1. The highest BCUT2D eigenvalue weighted by atomic mass is 16.5. The van der Waals surface area contributed by atoms with Gasteiger partial charge in [0.25, 0.3) is 0 Å². The van der Waals surface area contributed by atoms with E-state index in [-0.39, 0.29) is 5.78 Å². The Bertz CT molecular complexity index is 1130. The lowest BCUT2D eigenvalue weighted by atomic mass is 9.87. The first-order valence-corrected chi connectivity index (χ1v) is 8.43. The quantitative estimate of drug-likeness (QED) is 0.565. The summed E-state index contributed by atoms with van der Waals surface area (Å²) in [6.45, 7) is 5.70. The second-order valence-electron chi connectivity index (χ2n) is 7.32. The Kier molecular flexibility index (Phi) is 3.57. The van der Waals surface area contributed by atoms with Crippen LogP contribution >= 0.6 is 0 Å². The minimum absolute atomic E-state index is 0.0392. The molecule has 3 aromatic heterocycles.